The maximum atomic E-state index is 12.7. The summed E-state index contributed by atoms with van der Waals surface area (Å²) in [5, 5.41) is 0. The summed E-state index contributed by atoms with van der Waals surface area (Å²) in [5.74, 6) is -0.473. The number of rotatable bonds is 10. The lowest BCUT2D eigenvalue weighted by Crippen LogP contribution is -2.27. The maximum Gasteiger partial charge on any atom is 0.343 e. The number of aryl methyl sites for hydroxylation is 1. The molecule has 9 heteroatoms. The number of carbonyl (C=O) groups is 4. The van der Waals surface area contributed by atoms with Gasteiger partial charge in [-0.25, -0.2) is 4.79 Å². The molecule has 0 spiro atoms. The van der Waals surface area contributed by atoms with Crippen LogP contribution in [-0.4, -0.2) is 43.9 Å². The van der Waals surface area contributed by atoms with Gasteiger partial charge in [-0.2, -0.15) is 0 Å². The van der Waals surface area contributed by atoms with Crippen molar-refractivity contribution in [2.75, 3.05) is 25.2 Å². The van der Waals surface area contributed by atoms with Gasteiger partial charge in [-0.1, -0.05) is 29.8 Å². The van der Waals surface area contributed by atoms with Gasteiger partial charge >= 0.3 is 11.9 Å². The molecule has 1 atom stereocenters. The van der Waals surface area contributed by atoms with Crippen molar-refractivity contribution in [2.24, 2.45) is 5.92 Å². The Hall–Kier alpha value is -5.44. The molecule has 0 aliphatic carbocycles. The largest absolute Gasteiger partial charge is 0.493 e. The van der Waals surface area contributed by atoms with E-state index < -0.39 is 30.2 Å². The summed E-state index contributed by atoms with van der Waals surface area (Å²) in [5.41, 5.74) is 2.35. The highest BCUT2D eigenvalue weighted by Crippen LogP contribution is 2.33. The number of hydrogen-bond donors (Lipinski definition) is 0. The minimum atomic E-state index is -0.701. The van der Waals surface area contributed by atoms with Crippen molar-refractivity contribution in [3.8, 4) is 23.0 Å². The Morgan fingerprint density at radius 1 is 0.791 bits per heavy atom. The molecule has 1 fully saturated rings. The first-order valence-electron chi connectivity index (χ1n) is 13.6. The number of amides is 1. The van der Waals surface area contributed by atoms with Gasteiger partial charge in [-0.05, 0) is 79.7 Å². The van der Waals surface area contributed by atoms with E-state index in [1.165, 1.54) is 29.2 Å². The fourth-order valence-electron chi connectivity index (χ4n) is 4.54. The number of anilines is 1. The lowest BCUT2D eigenvalue weighted by atomic mass is 10.1. The molecule has 0 aromatic heterocycles. The Bertz CT molecular complexity index is 1630. The van der Waals surface area contributed by atoms with Crippen LogP contribution in [-0.2, 0) is 14.3 Å². The van der Waals surface area contributed by atoms with Gasteiger partial charge in [0, 0.05) is 24.2 Å². The quantitative estimate of drug-likeness (QED) is 0.132. The second-order valence-corrected chi connectivity index (χ2v) is 9.96. The fraction of sp³-hybridized carbons (Fsp3) is 0.176. The second-order valence-electron chi connectivity index (χ2n) is 9.96. The van der Waals surface area contributed by atoms with Crippen LogP contribution in [0, 0.1) is 12.8 Å². The molecule has 0 N–H and O–H groups in total. The van der Waals surface area contributed by atoms with Gasteiger partial charge in [0.2, 0.25) is 5.91 Å². The van der Waals surface area contributed by atoms with Gasteiger partial charge in [0.25, 0.3) is 0 Å². The monoisotopic (exact) mass is 579 g/mol. The Labute approximate surface area is 248 Å². The molecule has 1 unspecified atom stereocenters. The van der Waals surface area contributed by atoms with E-state index in [0.717, 1.165) is 5.56 Å². The third-order valence-corrected chi connectivity index (χ3v) is 6.92. The van der Waals surface area contributed by atoms with Crippen LogP contribution in [0.15, 0.2) is 97.1 Å². The third kappa shape index (κ3) is 7.08. The number of esters is 2. The molecule has 4 aromatic rings. The summed E-state index contributed by atoms with van der Waals surface area (Å²) in [6, 6.07) is 27.2. The molecule has 5 rings (SSSR count). The van der Waals surface area contributed by atoms with Gasteiger partial charge in [0.15, 0.2) is 23.9 Å². The van der Waals surface area contributed by atoms with Crippen LogP contribution in [0.3, 0.4) is 0 Å². The van der Waals surface area contributed by atoms with Gasteiger partial charge in [0.1, 0.15) is 11.5 Å². The number of hydrogen-bond acceptors (Lipinski definition) is 8. The molecular weight excluding hydrogens is 550 g/mol. The first kappa shape index (κ1) is 29.1. The standard InChI is InChI=1S/C34H29NO8/c1-22-7-9-24(10-8-22)34(39)43-28-15-11-23(12-16-28)29(36)21-41-33(38)25-19-32(37)35(20-25)26-13-17-27(18-14-26)42-31-6-4-3-5-30(31)40-2/h3-18,25H,19-21H2,1-2H3. The summed E-state index contributed by atoms with van der Waals surface area (Å²) in [7, 11) is 1.56. The summed E-state index contributed by atoms with van der Waals surface area (Å²) in [6.45, 7) is 1.59. The van der Waals surface area contributed by atoms with E-state index in [2.05, 4.69) is 0 Å². The minimum absolute atomic E-state index is 0.0203. The summed E-state index contributed by atoms with van der Waals surface area (Å²) < 4.78 is 21.8. The Morgan fingerprint density at radius 3 is 2.09 bits per heavy atom. The molecule has 4 aromatic carbocycles. The van der Waals surface area contributed by atoms with E-state index in [0.29, 0.717) is 34.1 Å². The van der Waals surface area contributed by atoms with Crippen LogP contribution in [0.1, 0.15) is 32.7 Å². The van der Waals surface area contributed by atoms with E-state index >= 15 is 0 Å². The van der Waals surface area contributed by atoms with Crippen LogP contribution in [0.4, 0.5) is 5.69 Å². The van der Waals surface area contributed by atoms with Crippen molar-refractivity contribution in [1.29, 1.82) is 0 Å². The average molecular weight is 580 g/mol. The molecule has 1 amide bonds. The van der Waals surface area contributed by atoms with Crippen LogP contribution in [0.5, 0.6) is 23.0 Å². The smallest absolute Gasteiger partial charge is 0.343 e. The average Bonchev–Trinajstić information content (AvgIpc) is 3.42. The summed E-state index contributed by atoms with van der Waals surface area (Å²) in [6.07, 6.45) is -0.0203. The van der Waals surface area contributed by atoms with Gasteiger partial charge in [-0.3, -0.25) is 14.4 Å². The molecule has 0 radical (unpaired) electrons. The topological polar surface area (TPSA) is 108 Å². The van der Waals surface area contributed by atoms with Crippen molar-refractivity contribution in [2.45, 2.75) is 13.3 Å². The molecule has 1 saturated heterocycles. The highest BCUT2D eigenvalue weighted by atomic mass is 16.5. The number of ketones is 1. The molecule has 218 valence electrons. The Balaban J connectivity index is 1.11. The Kier molecular flexibility index (Phi) is 8.81. The number of ether oxygens (including phenoxy) is 4. The highest BCUT2D eigenvalue weighted by molar-refractivity contribution is 6.01. The first-order chi connectivity index (χ1) is 20.8. The first-order valence-corrected chi connectivity index (χ1v) is 13.6. The molecule has 0 saturated carbocycles. The molecule has 1 aliphatic rings. The molecule has 9 nitrogen and oxygen atoms in total. The van der Waals surface area contributed by atoms with Crippen LogP contribution >= 0.6 is 0 Å². The lowest BCUT2D eigenvalue weighted by Gasteiger charge is -2.17. The van der Waals surface area contributed by atoms with E-state index in [-0.39, 0.29) is 24.6 Å². The number of methoxy groups -OCH3 is 1. The molecule has 0 bridgehead atoms. The number of carbonyl (C=O) groups excluding carboxylic acids is 4. The van der Waals surface area contributed by atoms with E-state index in [9.17, 15) is 19.2 Å². The van der Waals surface area contributed by atoms with E-state index in [4.69, 9.17) is 18.9 Å². The number of para-hydroxylation sites is 2. The third-order valence-electron chi connectivity index (χ3n) is 6.92. The second kappa shape index (κ2) is 13.0. The van der Waals surface area contributed by atoms with E-state index in [1.54, 1.807) is 55.6 Å². The SMILES string of the molecule is COc1ccccc1Oc1ccc(N2CC(C(=O)OCC(=O)c3ccc(OC(=O)c4ccc(C)cc4)cc3)CC2=O)cc1. The van der Waals surface area contributed by atoms with Crippen molar-refractivity contribution >= 4 is 29.3 Å². The van der Waals surface area contributed by atoms with Crippen molar-refractivity contribution in [3.05, 3.63) is 114 Å². The maximum absolute atomic E-state index is 12.7. The predicted octanol–water partition coefficient (Wildman–Crippen LogP) is 5.79. The fourth-order valence-corrected chi connectivity index (χ4v) is 4.54. The van der Waals surface area contributed by atoms with Gasteiger partial charge in [-0.15, -0.1) is 0 Å². The Morgan fingerprint density at radius 2 is 1.42 bits per heavy atom. The van der Waals surface area contributed by atoms with E-state index in [1.807, 2.05) is 31.2 Å². The summed E-state index contributed by atoms with van der Waals surface area (Å²) in [4.78, 5) is 51.8. The van der Waals surface area contributed by atoms with Crippen LogP contribution in [0.25, 0.3) is 0 Å². The number of benzene rings is 4. The van der Waals surface area contributed by atoms with Gasteiger partial charge in [0.05, 0.1) is 18.6 Å². The van der Waals surface area contributed by atoms with Crippen molar-refractivity contribution in [3.63, 3.8) is 0 Å². The zero-order chi connectivity index (χ0) is 30.3. The summed E-state index contributed by atoms with van der Waals surface area (Å²) >= 11 is 0. The number of Topliss-reactive ketones (excluding diaryl/α,β-unsaturated/α-hetero) is 1. The lowest BCUT2D eigenvalue weighted by molar-refractivity contribution is -0.147. The zero-order valence-corrected chi connectivity index (χ0v) is 23.6. The van der Waals surface area contributed by atoms with Crippen molar-refractivity contribution < 1.29 is 38.1 Å². The normalized spacial score (nSPS) is 14.2. The van der Waals surface area contributed by atoms with Crippen molar-refractivity contribution in [1.82, 2.24) is 0 Å². The molecule has 1 heterocycles. The molecule has 43 heavy (non-hydrogen) atoms. The molecule has 1 aliphatic heterocycles. The van der Waals surface area contributed by atoms with Gasteiger partial charge < -0.3 is 23.8 Å². The minimum Gasteiger partial charge on any atom is -0.493 e. The number of nitrogens with zero attached hydrogens (tertiary/aromatic N) is 1. The predicted molar refractivity (Wildman–Crippen MR) is 158 cm³/mol. The zero-order valence-electron chi connectivity index (χ0n) is 23.6. The van der Waals surface area contributed by atoms with Crippen LogP contribution < -0.4 is 19.1 Å². The molecular formula is C34H29NO8. The highest BCUT2D eigenvalue weighted by Gasteiger charge is 2.36. The van der Waals surface area contributed by atoms with Crippen LogP contribution in [0.2, 0.25) is 0 Å².